The van der Waals surface area contributed by atoms with Crippen molar-refractivity contribution >= 4 is 16.9 Å². The van der Waals surface area contributed by atoms with Crippen LogP contribution in [0.2, 0.25) is 0 Å². The highest BCUT2D eigenvalue weighted by Gasteiger charge is 2.42. The number of rotatable bonds is 7. The predicted octanol–water partition coefficient (Wildman–Crippen LogP) is 3.54. The molecule has 7 nitrogen and oxygen atoms in total. The van der Waals surface area contributed by atoms with E-state index in [1.165, 1.54) is 27.7 Å². The minimum Gasteiger partial charge on any atom is -0.379 e. The SMILES string of the molecule is CCCN1C[C@@H](NC(=O)N(CC)CC)CC2c3cccc4[nH]c(CN5CCOCC5)c(c34)C[C@H]21. The van der Waals surface area contributed by atoms with Crippen LogP contribution in [0.4, 0.5) is 4.79 Å². The summed E-state index contributed by atoms with van der Waals surface area (Å²) in [5.41, 5.74) is 5.64. The summed E-state index contributed by atoms with van der Waals surface area (Å²) in [5, 5.41) is 4.82. The second kappa shape index (κ2) is 10.3. The second-order valence-electron chi connectivity index (χ2n) is 10.2. The molecule has 5 rings (SSSR count). The normalized spacial score (nSPS) is 25.3. The van der Waals surface area contributed by atoms with Crippen molar-refractivity contribution in [2.45, 2.75) is 64.6 Å². The predicted molar refractivity (Wildman–Crippen MR) is 136 cm³/mol. The highest BCUT2D eigenvalue weighted by molar-refractivity contribution is 5.89. The van der Waals surface area contributed by atoms with Crippen LogP contribution in [0.1, 0.15) is 56.4 Å². The first-order valence-electron chi connectivity index (χ1n) is 13.3. The number of carbonyl (C=O) groups excluding carboxylic acids is 1. The monoisotopic (exact) mass is 467 g/mol. The summed E-state index contributed by atoms with van der Waals surface area (Å²) in [6.07, 6.45) is 3.24. The maximum Gasteiger partial charge on any atom is 0.317 e. The molecule has 3 aliphatic rings. The first-order chi connectivity index (χ1) is 16.6. The molecule has 186 valence electrons. The van der Waals surface area contributed by atoms with Crippen LogP contribution >= 0.6 is 0 Å². The molecular weight excluding hydrogens is 426 g/mol. The average Bonchev–Trinajstić information content (AvgIpc) is 3.19. The Labute approximate surface area is 203 Å². The van der Waals surface area contributed by atoms with Gasteiger partial charge >= 0.3 is 6.03 Å². The smallest absolute Gasteiger partial charge is 0.317 e. The van der Waals surface area contributed by atoms with E-state index in [0.29, 0.717) is 12.0 Å². The highest BCUT2D eigenvalue weighted by atomic mass is 16.5. The van der Waals surface area contributed by atoms with Crippen LogP contribution in [-0.2, 0) is 17.7 Å². The summed E-state index contributed by atoms with van der Waals surface area (Å²) in [6, 6.07) is 7.55. The molecule has 3 atom stereocenters. The van der Waals surface area contributed by atoms with E-state index in [9.17, 15) is 4.79 Å². The number of aromatic nitrogens is 1. The van der Waals surface area contributed by atoms with Crippen LogP contribution in [0.5, 0.6) is 0 Å². The van der Waals surface area contributed by atoms with E-state index >= 15 is 0 Å². The van der Waals surface area contributed by atoms with Gasteiger partial charge < -0.3 is 19.9 Å². The van der Waals surface area contributed by atoms with E-state index < -0.39 is 0 Å². The third-order valence-corrected chi connectivity index (χ3v) is 8.16. The molecule has 2 aromatic rings. The third kappa shape index (κ3) is 4.45. The average molecular weight is 468 g/mol. The number of ether oxygens (including phenoxy) is 1. The molecular formula is C27H41N5O2. The van der Waals surface area contributed by atoms with Crippen LogP contribution in [0, 0.1) is 0 Å². The Morgan fingerprint density at radius 1 is 1.21 bits per heavy atom. The lowest BCUT2D eigenvalue weighted by Gasteiger charge is -2.47. The van der Waals surface area contributed by atoms with Crippen molar-refractivity contribution in [2.24, 2.45) is 0 Å². The molecule has 2 saturated heterocycles. The van der Waals surface area contributed by atoms with Crippen molar-refractivity contribution in [3.8, 4) is 0 Å². The van der Waals surface area contributed by atoms with Crippen LogP contribution in [-0.4, -0.2) is 90.3 Å². The van der Waals surface area contributed by atoms with Gasteiger partial charge in [0.1, 0.15) is 0 Å². The first kappa shape index (κ1) is 23.6. The third-order valence-electron chi connectivity index (χ3n) is 8.16. The van der Waals surface area contributed by atoms with E-state index in [1.807, 2.05) is 18.7 Å². The standard InChI is InChI=1S/C27H41N5O2/c1-4-10-32-17-19(28-27(33)31(5-2)6-3)15-21-20-8-7-9-23-26(20)22(16-25(21)32)24(29-23)18-30-11-13-34-14-12-30/h7-9,19,21,25,29H,4-6,10-18H2,1-3H3,(H,28,33)/t19-,21?,25+/m0/s1. The van der Waals surface area contributed by atoms with Crippen LogP contribution < -0.4 is 5.32 Å². The largest absolute Gasteiger partial charge is 0.379 e. The maximum atomic E-state index is 12.9. The van der Waals surface area contributed by atoms with Gasteiger partial charge in [0.15, 0.2) is 0 Å². The van der Waals surface area contributed by atoms with Gasteiger partial charge in [-0.2, -0.15) is 0 Å². The lowest BCUT2D eigenvalue weighted by Crippen LogP contribution is -2.58. The van der Waals surface area contributed by atoms with Gasteiger partial charge in [0.2, 0.25) is 0 Å². The highest BCUT2D eigenvalue weighted by Crippen LogP contribution is 2.44. The van der Waals surface area contributed by atoms with Gasteiger partial charge in [-0.15, -0.1) is 0 Å². The number of morpholine rings is 1. The van der Waals surface area contributed by atoms with Crippen LogP contribution in [0.15, 0.2) is 18.2 Å². The van der Waals surface area contributed by atoms with E-state index in [-0.39, 0.29) is 12.1 Å². The van der Waals surface area contributed by atoms with E-state index in [1.54, 1.807) is 0 Å². The van der Waals surface area contributed by atoms with Gasteiger partial charge in [-0.3, -0.25) is 9.80 Å². The molecule has 34 heavy (non-hydrogen) atoms. The summed E-state index contributed by atoms with van der Waals surface area (Å²) in [5.74, 6) is 0.450. The molecule has 1 aromatic heterocycles. The number of nitrogens with zero attached hydrogens (tertiary/aromatic N) is 3. The number of urea groups is 1. The minimum absolute atomic E-state index is 0.0778. The number of hydrogen-bond acceptors (Lipinski definition) is 4. The number of aromatic amines is 1. The van der Waals surface area contributed by atoms with Crippen molar-refractivity contribution in [2.75, 3.05) is 52.5 Å². The molecule has 2 fully saturated rings. The zero-order chi connectivity index (χ0) is 23.7. The molecule has 0 spiro atoms. The summed E-state index contributed by atoms with van der Waals surface area (Å²) in [7, 11) is 0. The van der Waals surface area contributed by atoms with Gasteiger partial charge in [0, 0.05) is 73.9 Å². The summed E-state index contributed by atoms with van der Waals surface area (Å²) < 4.78 is 5.57. The topological polar surface area (TPSA) is 63.8 Å². The Hall–Kier alpha value is -2.09. The Kier molecular flexibility index (Phi) is 7.14. The Morgan fingerprint density at radius 2 is 2.00 bits per heavy atom. The number of fused-ring (bicyclic) bond motifs is 2. The molecule has 1 unspecified atom stereocenters. The number of H-pyrrole nitrogens is 1. The van der Waals surface area contributed by atoms with Gasteiger partial charge in [0.25, 0.3) is 0 Å². The van der Waals surface area contributed by atoms with Gasteiger partial charge in [-0.05, 0) is 56.8 Å². The van der Waals surface area contributed by atoms with Crippen molar-refractivity contribution < 1.29 is 9.53 Å². The first-order valence-corrected chi connectivity index (χ1v) is 13.3. The molecule has 0 bridgehead atoms. The number of likely N-dealkylation sites (tertiary alicyclic amines) is 1. The van der Waals surface area contributed by atoms with Gasteiger partial charge in [-0.1, -0.05) is 19.1 Å². The van der Waals surface area contributed by atoms with Gasteiger partial charge in [-0.25, -0.2) is 4.79 Å². The van der Waals surface area contributed by atoms with E-state index in [4.69, 9.17) is 4.74 Å². The summed E-state index contributed by atoms with van der Waals surface area (Å²) in [6.45, 7) is 14.5. The van der Waals surface area contributed by atoms with Crippen LogP contribution in [0.3, 0.4) is 0 Å². The number of amides is 2. The van der Waals surface area contributed by atoms with Crippen molar-refractivity contribution in [3.05, 3.63) is 35.0 Å². The fourth-order valence-corrected chi connectivity index (χ4v) is 6.50. The van der Waals surface area contributed by atoms with Crippen molar-refractivity contribution in [3.63, 3.8) is 0 Å². The van der Waals surface area contributed by atoms with E-state index in [2.05, 4.69) is 45.2 Å². The molecule has 1 aliphatic carbocycles. The fourth-order valence-electron chi connectivity index (χ4n) is 6.50. The Morgan fingerprint density at radius 3 is 2.74 bits per heavy atom. The maximum absolute atomic E-state index is 12.9. The molecule has 2 aliphatic heterocycles. The van der Waals surface area contributed by atoms with Crippen molar-refractivity contribution in [1.29, 1.82) is 0 Å². The molecule has 0 radical (unpaired) electrons. The summed E-state index contributed by atoms with van der Waals surface area (Å²) in [4.78, 5) is 23.7. The molecule has 0 saturated carbocycles. The molecule has 7 heteroatoms. The lowest BCUT2D eigenvalue weighted by molar-refractivity contribution is 0.0335. The number of nitrogens with one attached hydrogen (secondary N) is 2. The zero-order valence-corrected chi connectivity index (χ0v) is 21.1. The molecule has 3 heterocycles. The number of carbonyl (C=O) groups is 1. The Balaban J connectivity index is 1.45. The second-order valence-corrected chi connectivity index (χ2v) is 10.2. The summed E-state index contributed by atoms with van der Waals surface area (Å²) >= 11 is 0. The zero-order valence-electron chi connectivity index (χ0n) is 21.1. The number of piperidine rings is 1. The van der Waals surface area contributed by atoms with E-state index in [0.717, 1.165) is 78.3 Å². The quantitative estimate of drug-likeness (QED) is 0.654. The lowest BCUT2D eigenvalue weighted by atomic mass is 9.73. The fraction of sp³-hybridized carbons (Fsp3) is 0.667. The van der Waals surface area contributed by atoms with Crippen LogP contribution in [0.25, 0.3) is 10.9 Å². The minimum atomic E-state index is 0.0778. The van der Waals surface area contributed by atoms with Gasteiger partial charge in [0.05, 0.1) is 13.2 Å². The number of benzene rings is 1. The molecule has 1 aromatic carbocycles. The number of hydrogen-bond donors (Lipinski definition) is 2. The van der Waals surface area contributed by atoms with Crippen molar-refractivity contribution in [1.82, 2.24) is 25.0 Å². The Bertz CT molecular complexity index is 994. The molecule has 2 amide bonds. The molecule has 2 N–H and O–H groups in total.